The van der Waals surface area contributed by atoms with E-state index in [0.717, 1.165) is 75.5 Å². The molecule has 3 amide bonds. The third-order valence-corrected chi connectivity index (χ3v) is 11.0. The molecule has 0 bridgehead atoms. The number of nitrogens with two attached hydrogens (primary N) is 1. The molecule has 29 heteroatoms. The number of non-ortho nitro benzene ring substituents is 1. The van der Waals surface area contributed by atoms with Crippen LogP contribution < -0.4 is 27.0 Å². The lowest BCUT2D eigenvalue weighted by Gasteiger charge is -2.38. The number of hydrogen-bond donors (Lipinski definition) is 7. The molecule has 0 spiro atoms. The summed E-state index contributed by atoms with van der Waals surface area (Å²) in [6.07, 6.45) is 0.368. The summed E-state index contributed by atoms with van der Waals surface area (Å²) >= 11 is 5.75. The van der Waals surface area contributed by atoms with Gasteiger partial charge in [-0.2, -0.15) is 13.2 Å². The number of nitrogens with one attached hydrogen (secondary N) is 4. The van der Waals surface area contributed by atoms with E-state index < -0.39 is 86.7 Å². The van der Waals surface area contributed by atoms with Gasteiger partial charge in [0.05, 0.1) is 99.8 Å². The molecular weight excluding hydrogens is 1010 g/mol. The van der Waals surface area contributed by atoms with Gasteiger partial charge >= 0.3 is 6.18 Å². The van der Waals surface area contributed by atoms with Crippen molar-refractivity contribution < 1.29 is 80.8 Å². The number of nitro groups is 2. The van der Waals surface area contributed by atoms with Gasteiger partial charge in [-0.15, -0.1) is 0 Å². The van der Waals surface area contributed by atoms with Crippen molar-refractivity contribution in [2.24, 2.45) is 5.73 Å². The van der Waals surface area contributed by atoms with Crippen LogP contribution in [0.5, 0.6) is 0 Å². The second-order valence-electron chi connectivity index (χ2n) is 16.7. The molecule has 8 N–H and O–H groups in total. The number of halogens is 4. The largest absolute Gasteiger partial charge is 0.499 e. The van der Waals surface area contributed by atoms with Crippen LogP contribution in [-0.4, -0.2) is 170 Å². The number of unbranched alkanes of at least 4 members (excludes halogenated alkanes) is 6. The molecule has 1 fully saturated rings. The van der Waals surface area contributed by atoms with Gasteiger partial charge in [-0.05, 0) is 12.5 Å². The van der Waals surface area contributed by atoms with Gasteiger partial charge in [0.25, 0.3) is 11.4 Å². The molecule has 1 aliphatic heterocycles. The fourth-order valence-corrected chi connectivity index (χ4v) is 7.14. The Morgan fingerprint density at radius 1 is 0.919 bits per heavy atom. The summed E-state index contributed by atoms with van der Waals surface area (Å²) in [5.74, 6) is -3.45. The number of ether oxygens (including phenoxy) is 7. The number of amides is 3. The Balaban J connectivity index is 1.38. The van der Waals surface area contributed by atoms with Crippen molar-refractivity contribution in [3.8, 4) is 0 Å². The molecule has 0 radical (unpaired) electrons. The number of aliphatic hydroxyl groups is 2. The van der Waals surface area contributed by atoms with E-state index >= 15 is 0 Å². The normalized spacial score (nSPS) is 17.6. The summed E-state index contributed by atoms with van der Waals surface area (Å²) in [6.45, 7) is 2.08. The van der Waals surface area contributed by atoms with Crippen LogP contribution in [-0.2, 0) is 53.7 Å². The van der Waals surface area contributed by atoms with Crippen molar-refractivity contribution in [1.29, 1.82) is 0 Å². The van der Waals surface area contributed by atoms with Crippen molar-refractivity contribution in [2.45, 2.75) is 107 Å². The average molecular weight is 1080 g/mol. The number of alkyl halides is 3. The number of rotatable bonds is 39. The molecule has 2 aromatic rings. The molecule has 2 unspecified atom stereocenters. The minimum Gasteiger partial charge on any atom is -0.499 e. The lowest BCUT2D eigenvalue weighted by atomic mass is 9.98. The number of primary amides is 1. The highest BCUT2D eigenvalue weighted by Gasteiger charge is 2.40. The molecule has 3 rings (SSSR count). The van der Waals surface area contributed by atoms with Gasteiger partial charge in [0.1, 0.15) is 48.2 Å². The van der Waals surface area contributed by atoms with Gasteiger partial charge < -0.3 is 70.4 Å². The minimum atomic E-state index is -4.87. The fraction of sp³-hybridized carbons (Fsp3) is 0.667. The third kappa shape index (κ3) is 25.6. The van der Waals surface area contributed by atoms with Crippen molar-refractivity contribution in [3.63, 3.8) is 0 Å². The Kier molecular flexibility index (Phi) is 29.5. The van der Waals surface area contributed by atoms with Crippen molar-refractivity contribution in [3.05, 3.63) is 67.8 Å². The Hall–Kier alpha value is -5.59. The number of aliphatic hydroxyl groups excluding tert-OH is 2. The van der Waals surface area contributed by atoms with Gasteiger partial charge in [0.15, 0.2) is 0 Å². The molecular formula is C45H67ClF3N9O16. The summed E-state index contributed by atoms with van der Waals surface area (Å²) in [5, 5.41) is 54.4. The van der Waals surface area contributed by atoms with Gasteiger partial charge in [-0.1, -0.05) is 63.5 Å². The molecule has 416 valence electrons. The van der Waals surface area contributed by atoms with Crippen LogP contribution in [0.2, 0.25) is 5.15 Å². The Morgan fingerprint density at radius 3 is 2.31 bits per heavy atom. The van der Waals surface area contributed by atoms with Crippen LogP contribution in [0, 0.1) is 20.2 Å². The Bertz CT molecular complexity index is 2070. The van der Waals surface area contributed by atoms with Gasteiger partial charge in [-0.3, -0.25) is 34.6 Å². The quantitative estimate of drug-likeness (QED) is 0.0126. The molecule has 1 aliphatic rings. The van der Waals surface area contributed by atoms with Crippen LogP contribution >= 0.6 is 11.6 Å². The lowest BCUT2D eigenvalue weighted by molar-refractivity contribution is -0.393. The fourth-order valence-electron chi connectivity index (χ4n) is 6.96. The van der Waals surface area contributed by atoms with E-state index in [1.807, 2.05) is 0 Å². The van der Waals surface area contributed by atoms with Crippen LogP contribution in [0.25, 0.3) is 0 Å². The number of nitrogens with zero attached hydrogens (tertiary/aromatic N) is 4. The summed E-state index contributed by atoms with van der Waals surface area (Å²) in [4.78, 5) is 64.0. The van der Waals surface area contributed by atoms with E-state index in [4.69, 9.17) is 50.5 Å². The highest BCUT2D eigenvalue weighted by atomic mass is 35.5. The first kappa shape index (κ1) is 62.7. The lowest BCUT2D eigenvalue weighted by Crippen LogP contribution is -2.57. The van der Waals surface area contributed by atoms with Crippen LogP contribution in [0.4, 0.5) is 36.1 Å². The molecule has 1 saturated heterocycles. The Morgan fingerprint density at radius 2 is 1.62 bits per heavy atom. The summed E-state index contributed by atoms with van der Waals surface area (Å²) in [7, 11) is 0. The molecule has 0 saturated carbocycles. The van der Waals surface area contributed by atoms with E-state index in [1.165, 1.54) is 6.07 Å². The maximum atomic E-state index is 13.2. The number of hydrogen-bond acceptors (Lipinski definition) is 20. The number of aromatic nitrogens is 2. The molecule has 25 nitrogen and oxygen atoms in total. The number of anilines is 2. The SMILES string of the molecule is CCCCCCCCCC(CNC(=O)CCOCC(COC=CC(N)=O)NC(=O)COCCOCCOCCNc1ccc([N+](=O)[O-])cc1[N+](=O)[O-])OC[C@H]1OC[C@H](Nc2cc(Cl)nc(C(F)(F)F)n2)[C@@H](O)[C@H]1O. The zero-order chi connectivity index (χ0) is 54.3. The monoisotopic (exact) mass is 1080 g/mol. The highest BCUT2D eigenvalue weighted by molar-refractivity contribution is 6.29. The standard InChI is InChI=1S/C45H67ClF3N9O16/c1-2-3-4-5-6-7-8-9-32(73-28-36-43(63)42(62)34(27-74-36)54-39-23-37(46)55-44(56-39)45(47,48)49)24-52-40(60)13-16-71-26-30(25-70-15-12-38(50)59)53-41(61)29-72-21-20-69-19-18-68-17-14-51-33-11-10-31(57(64)65)22-35(33)58(66)67/h10-12,15,22-23,30,32,34,36,42-43,51,62-63H,2-9,13-14,16-21,24-29H2,1H3,(H2,50,59)(H,52,60)(H,53,61)(H,54,55,56)/t30?,32?,34-,36+,42+,43-/m0/s1. The molecule has 0 aliphatic carbocycles. The zero-order valence-corrected chi connectivity index (χ0v) is 41.7. The molecule has 2 heterocycles. The van der Waals surface area contributed by atoms with Crippen molar-refractivity contribution in [2.75, 3.05) is 96.4 Å². The van der Waals surface area contributed by atoms with E-state index in [2.05, 4.69) is 38.2 Å². The zero-order valence-electron chi connectivity index (χ0n) is 41.0. The molecule has 1 aromatic heterocycles. The number of carbonyl (C=O) groups excluding carboxylic acids is 3. The first-order chi connectivity index (χ1) is 35.4. The first-order valence-corrected chi connectivity index (χ1v) is 24.3. The third-order valence-electron chi connectivity index (χ3n) is 10.8. The second kappa shape index (κ2) is 34.8. The molecule has 6 atom stereocenters. The predicted molar refractivity (Wildman–Crippen MR) is 259 cm³/mol. The first-order valence-electron chi connectivity index (χ1n) is 24.0. The van der Waals surface area contributed by atoms with Crippen LogP contribution in [0.1, 0.15) is 70.5 Å². The maximum Gasteiger partial charge on any atom is 0.451 e. The maximum absolute atomic E-state index is 13.2. The number of nitro benzene ring substituents is 2. The number of carbonyl (C=O) groups is 3. The number of benzene rings is 1. The van der Waals surface area contributed by atoms with Crippen LogP contribution in [0.3, 0.4) is 0 Å². The van der Waals surface area contributed by atoms with Crippen LogP contribution in [0.15, 0.2) is 36.6 Å². The molecule has 74 heavy (non-hydrogen) atoms. The summed E-state index contributed by atoms with van der Waals surface area (Å²) in [5.41, 5.74) is 4.37. The summed E-state index contributed by atoms with van der Waals surface area (Å²) in [6, 6.07) is 2.52. The van der Waals surface area contributed by atoms with Gasteiger partial charge in [0, 0.05) is 37.7 Å². The highest BCUT2D eigenvalue weighted by Crippen LogP contribution is 2.30. The van der Waals surface area contributed by atoms with E-state index in [0.29, 0.717) is 6.42 Å². The predicted octanol–water partition coefficient (Wildman–Crippen LogP) is 3.58. The smallest absolute Gasteiger partial charge is 0.451 e. The average Bonchev–Trinajstić information content (AvgIpc) is 3.34. The van der Waals surface area contributed by atoms with Crippen molar-refractivity contribution >= 4 is 52.2 Å². The van der Waals surface area contributed by atoms with E-state index in [-0.39, 0.29) is 110 Å². The second-order valence-corrected chi connectivity index (χ2v) is 17.1. The van der Waals surface area contributed by atoms with Gasteiger partial charge in [-0.25, -0.2) is 9.97 Å². The topological polar surface area (TPSA) is 342 Å². The Labute approximate surface area is 430 Å². The van der Waals surface area contributed by atoms with Crippen molar-refractivity contribution in [1.82, 2.24) is 20.6 Å². The van der Waals surface area contributed by atoms with E-state index in [1.54, 1.807) is 0 Å². The minimum absolute atomic E-state index is 0.0527. The van der Waals surface area contributed by atoms with Gasteiger partial charge in [0.2, 0.25) is 23.5 Å². The molecule has 1 aromatic carbocycles. The summed E-state index contributed by atoms with van der Waals surface area (Å²) < 4.78 is 78.8. The van der Waals surface area contributed by atoms with E-state index in [9.17, 15) is 58.0 Å².